The molecule has 1 aromatic heterocycles. The SMILES string of the molecule is Nc1ncnc2c1CC(C(=O)O)CC2. The third kappa shape index (κ3) is 1.41. The summed E-state index contributed by atoms with van der Waals surface area (Å²) >= 11 is 0. The van der Waals surface area contributed by atoms with Gasteiger partial charge in [-0.25, -0.2) is 9.97 Å². The van der Waals surface area contributed by atoms with Gasteiger partial charge in [0.2, 0.25) is 0 Å². The Labute approximate surface area is 81.0 Å². The molecule has 0 saturated heterocycles. The van der Waals surface area contributed by atoms with Crippen LogP contribution < -0.4 is 5.73 Å². The molecule has 1 heterocycles. The van der Waals surface area contributed by atoms with E-state index in [0.717, 1.165) is 11.3 Å². The smallest absolute Gasteiger partial charge is 0.306 e. The Bertz CT molecular complexity index is 378. The third-order valence-electron chi connectivity index (χ3n) is 2.60. The molecular weight excluding hydrogens is 182 g/mol. The van der Waals surface area contributed by atoms with Crippen LogP contribution in [0.4, 0.5) is 5.82 Å². The van der Waals surface area contributed by atoms with E-state index in [1.54, 1.807) is 0 Å². The van der Waals surface area contributed by atoms with Crippen molar-refractivity contribution in [2.45, 2.75) is 19.3 Å². The number of hydrogen-bond donors (Lipinski definition) is 2. The van der Waals surface area contributed by atoms with Crippen LogP contribution in [0, 0.1) is 5.92 Å². The van der Waals surface area contributed by atoms with Crippen molar-refractivity contribution < 1.29 is 9.90 Å². The number of carboxylic acid groups (broad SMARTS) is 1. The van der Waals surface area contributed by atoms with Crippen LogP contribution in [0.2, 0.25) is 0 Å². The Balaban J connectivity index is 2.33. The molecule has 2 rings (SSSR count). The van der Waals surface area contributed by atoms with Crippen LogP contribution in [0.1, 0.15) is 17.7 Å². The molecule has 0 fully saturated rings. The lowest BCUT2D eigenvalue weighted by Crippen LogP contribution is -2.24. The van der Waals surface area contributed by atoms with Gasteiger partial charge in [0.1, 0.15) is 12.1 Å². The zero-order chi connectivity index (χ0) is 10.1. The average molecular weight is 193 g/mol. The van der Waals surface area contributed by atoms with Crippen molar-refractivity contribution in [3.05, 3.63) is 17.6 Å². The number of aliphatic carboxylic acids is 1. The topological polar surface area (TPSA) is 89.1 Å². The summed E-state index contributed by atoms with van der Waals surface area (Å²) < 4.78 is 0. The number of nitrogens with two attached hydrogens (primary N) is 1. The van der Waals surface area contributed by atoms with Gasteiger partial charge in [0.05, 0.1) is 5.92 Å². The number of anilines is 1. The van der Waals surface area contributed by atoms with E-state index in [9.17, 15) is 4.79 Å². The van der Waals surface area contributed by atoms with Gasteiger partial charge in [0.15, 0.2) is 0 Å². The first-order valence-electron chi connectivity index (χ1n) is 4.49. The van der Waals surface area contributed by atoms with Gasteiger partial charge in [-0.2, -0.15) is 0 Å². The number of rotatable bonds is 1. The van der Waals surface area contributed by atoms with Crippen molar-refractivity contribution in [1.29, 1.82) is 0 Å². The lowest BCUT2D eigenvalue weighted by Gasteiger charge is -2.20. The summed E-state index contributed by atoms with van der Waals surface area (Å²) in [6.07, 6.45) is 3.20. The highest BCUT2D eigenvalue weighted by Crippen LogP contribution is 2.26. The van der Waals surface area contributed by atoms with Gasteiger partial charge in [-0.3, -0.25) is 4.79 Å². The van der Waals surface area contributed by atoms with Crippen molar-refractivity contribution in [1.82, 2.24) is 9.97 Å². The van der Waals surface area contributed by atoms with Crippen LogP contribution in [-0.4, -0.2) is 21.0 Å². The molecule has 1 aliphatic carbocycles. The first kappa shape index (κ1) is 8.93. The van der Waals surface area contributed by atoms with E-state index in [1.807, 2.05) is 0 Å². The maximum absolute atomic E-state index is 10.8. The van der Waals surface area contributed by atoms with Crippen molar-refractivity contribution in [3.63, 3.8) is 0 Å². The standard InChI is InChI=1S/C9H11N3O2/c10-8-6-3-5(9(13)14)1-2-7(6)11-4-12-8/h4-5H,1-3H2,(H,13,14)(H2,10,11,12). The highest BCUT2D eigenvalue weighted by Gasteiger charge is 2.26. The van der Waals surface area contributed by atoms with Crippen molar-refractivity contribution >= 4 is 11.8 Å². The number of aromatic nitrogens is 2. The number of carboxylic acids is 1. The summed E-state index contributed by atoms with van der Waals surface area (Å²) in [6, 6.07) is 0. The molecule has 1 aromatic rings. The number of nitrogens with zero attached hydrogens (tertiary/aromatic N) is 2. The Morgan fingerprint density at radius 2 is 2.36 bits per heavy atom. The Morgan fingerprint density at radius 1 is 1.57 bits per heavy atom. The molecule has 1 unspecified atom stereocenters. The lowest BCUT2D eigenvalue weighted by atomic mass is 9.87. The predicted octanol–water partition coefficient (Wildman–Crippen LogP) is 0.248. The monoisotopic (exact) mass is 193 g/mol. The minimum atomic E-state index is -0.765. The molecule has 74 valence electrons. The summed E-state index contributed by atoms with van der Waals surface area (Å²) in [4.78, 5) is 18.7. The highest BCUT2D eigenvalue weighted by atomic mass is 16.4. The molecule has 5 heteroatoms. The van der Waals surface area contributed by atoms with Crippen LogP contribution >= 0.6 is 0 Å². The maximum Gasteiger partial charge on any atom is 0.306 e. The molecule has 0 bridgehead atoms. The predicted molar refractivity (Wildman–Crippen MR) is 49.6 cm³/mol. The van der Waals surface area contributed by atoms with Gasteiger partial charge in [0.25, 0.3) is 0 Å². The Morgan fingerprint density at radius 3 is 3.07 bits per heavy atom. The molecule has 0 aromatic carbocycles. The second-order valence-electron chi connectivity index (χ2n) is 3.46. The van der Waals surface area contributed by atoms with E-state index in [2.05, 4.69) is 9.97 Å². The summed E-state index contributed by atoms with van der Waals surface area (Å²) in [5.74, 6) is -0.685. The van der Waals surface area contributed by atoms with Gasteiger partial charge in [-0.15, -0.1) is 0 Å². The van der Waals surface area contributed by atoms with E-state index < -0.39 is 5.97 Å². The van der Waals surface area contributed by atoms with Gasteiger partial charge in [0, 0.05) is 11.3 Å². The second-order valence-corrected chi connectivity index (χ2v) is 3.46. The summed E-state index contributed by atoms with van der Waals surface area (Å²) in [5, 5.41) is 8.87. The lowest BCUT2D eigenvalue weighted by molar-refractivity contribution is -0.142. The number of carbonyl (C=O) groups is 1. The highest BCUT2D eigenvalue weighted by molar-refractivity contribution is 5.71. The maximum atomic E-state index is 10.8. The fraction of sp³-hybridized carbons (Fsp3) is 0.444. The quantitative estimate of drug-likeness (QED) is 0.667. The zero-order valence-electron chi connectivity index (χ0n) is 7.60. The van der Waals surface area contributed by atoms with Crippen LogP contribution in [0.5, 0.6) is 0 Å². The minimum Gasteiger partial charge on any atom is -0.481 e. The van der Waals surface area contributed by atoms with Gasteiger partial charge < -0.3 is 10.8 Å². The molecule has 0 aliphatic heterocycles. The van der Waals surface area contributed by atoms with Crippen LogP contribution in [0.25, 0.3) is 0 Å². The molecular formula is C9H11N3O2. The second kappa shape index (κ2) is 3.25. The molecule has 1 atom stereocenters. The molecule has 5 nitrogen and oxygen atoms in total. The normalized spacial score (nSPS) is 20.1. The fourth-order valence-corrected chi connectivity index (χ4v) is 1.77. The van der Waals surface area contributed by atoms with Crippen molar-refractivity contribution in [2.24, 2.45) is 5.92 Å². The van der Waals surface area contributed by atoms with Gasteiger partial charge in [-0.05, 0) is 19.3 Å². The van der Waals surface area contributed by atoms with Crippen LogP contribution in [0.3, 0.4) is 0 Å². The van der Waals surface area contributed by atoms with E-state index in [0.29, 0.717) is 25.1 Å². The van der Waals surface area contributed by atoms with Crippen molar-refractivity contribution in [3.8, 4) is 0 Å². The van der Waals surface area contributed by atoms with Crippen LogP contribution in [-0.2, 0) is 17.6 Å². The molecule has 14 heavy (non-hydrogen) atoms. The number of hydrogen-bond acceptors (Lipinski definition) is 4. The molecule has 3 N–H and O–H groups in total. The number of nitrogen functional groups attached to an aromatic ring is 1. The van der Waals surface area contributed by atoms with Crippen LogP contribution in [0.15, 0.2) is 6.33 Å². The van der Waals surface area contributed by atoms with Gasteiger partial charge >= 0.3 is 5.97 Å². The zero-order valence-corrected chi connectivity index (χ0v) is 7.60. The summed E-state index contributed by atoms with van der Waals surface area (Å²) in [6.45, 7) is 0. The molecule has 0 saturated carbocycles. The Kier molecular flexibility index (Phi) is 2.07. The van der Waals surface area contributed by atoms with E-state index >= 15 is 0 Å². The first-order valence-corrected chi connectivity index (χ1v) is 4.49. The fourth-order valence-electron chi connectivity index (χ4n) is 1.77. The largest absolute Gasteiger partial charge is 0.481 e. The first-order chi connectivity index (χ1) is 6.68. The summed E-state index contributed by atoms with van der Waals surface area (Å²) in [7, 11) is 0. The number of fused-ring (bicyclic) bond motifs is 1. The van der Waals surface area contributed by atoms with Gasteiger partial charge in [-0.1, -0.05) is 0 Å². The summed E-state index contributed by atoms with van der Waals surface area (Å²) in [5.41, 5.74) is 7.37. The number of aryl methyl sites for hydroxylation is 1. The van der Waals surface area contributed by atoms with E-state index in [-0.39, 0.29) is 5.92 Å². The average Bonchev–Trinajstić information content (AvgIpc) is 2.18. The molecule has 0 radical (unpaired) electrons. The Hall–Kier alpha value is -1.65. The molecule has 0 spiro atoms. The molecule has 1 aliphatic rings. The van der Waals surface area contributed by atoms with E-state index in [4.69, 9.17) is 10.8 Å². The van der Waals surface area contributed by atoms with E-state index in [1.165, 1.54) is 6.33 Å². The van der Waals surface area contributed by atoms with Crippen molar-refractivity contribution in [2.75, 3.05) is 5.73 Å². The minimum absolute atomic E-state index is 0.337. The third-order valence-corrected chi connectivity index (χ3v) is 2.60. The molecule has 0 amide bonds.